The molecule has 1 rings (SSSR count). The average Bonchev–Trinajstić information content (AvgIpc) is 2.54. The molecule has 16 heavy (non-hydrogen) atoms. The van der Waals surface area contributed by atoms with Crippen LogP contribution in [-0.4, -0.2) is 59.4 Å². The molecule has 0 radical (unpaired) electrons. The molecule has 0 aromatic rings. The second-order valence-corrected chi connectivity index (χ2v) is 3.92. The Morgan fingerprint density at radius 1 is 1.56 bits per heavy atom. The Labute approximate surface area is 93.8 Å². The quantitative estimate of drug-likeness (QED) is 0.696. The first-order valence-electron chi connectivity index (χ1n) is 5.20. The third-order valence-electron chi connectivity index (χ3n) is 2.71. The first-order valence-corrected chi connectivity index (χ1v) is 5.20. The minimum Gasteiger partial charge on any atom is -0.480 e. The van der Waals surface area contributed by atoms with E-state index < -0.39 is 11.9 Å². The van der Waals surface area contributed by atoms with E-state index in [1.165, 1.54) is 9.80 Å². The number of carboxylic acid groups (broad SMARTS) is 1. The Morgan fingerprint density at radius 2 is 2.19 bits per heavy atom. The summed E-state index contributed by atoms with van der Waals surface area (Å²) in [4.78, 5) is 36.5. The Morgan fingerprint density at radius 3 is 2.56 bits per heavy atom. The number of nitrogens with zero attached hydrogens (tertiary/aromatic N) is 2. The van der Waals surface area contributed by atoms with Gasteiger partial charge in [-0.25, -0.2) is 0 Å². The minimum atomic E-state index is -1.03. The number of rotatable bonds is 4. The van der Waals surface area contributed by atoms with Crippen molar-refractivity contribution in [3.8, 4) is 0 Å². The van der Waals surface area contributed by atoms with Crippen molar-refractivity contribution < 1.29 is 19.5 Å². The van der Waals surface area contributed by atoms with Gasteiger partial charge in [-0.2, -0.15) is 0 Å². The van der Waals surface area contributed by atoms with Crippen LogP contribution in [0.2, 0.25) is 0 Å². The van der Waals surface area contributed by atoms with Gasteiger partial charge in [-0.1, -0.05) is 0 Å². The van der Waals surface area contributed by atoms with Gasteiger partial charge in [-0.05, 0) is 6.92 Å². The van der Waals surface area contributed by atoms with Crippen molar-refractivity contribution in [1.82, 2.24) is 9.80 Å². The van der Waals surface area contributed by atoms with Crippen LogP contribution in [0.1, 0.15) is 13.3 Å². The lowest BCUT2D eigenvalue weighted by Gasteiger charge is -2.21. The fourth-order valence-corrected chi connectivity index (χ4v) is 1.80. The first-order chi connectivity index (χ1) is 7.45. The van der Waals surface area contributed by atoms with Crippen LogP contribution in [0.5, 0.6) is 0 Å². The summed E-state index contributed by atoms with van der Waals surface area (Å²) < 4.78 is 0. The Hall–Kier alpha value is -1.59. The molecule has 1 aliphatic rings. The second kappa shape index (κ2) is 4.96. The summed E-state index contributed by atoms with van der Waals surface area (Å²) in [6.45, 7) is 2.15. The number of amides is 2. The highest BCUT2D eigenvalue weighted by Crippen LogP contribution is 2.18. The van der Waals surface area contributed by atoms with E-state index in [1.807, 2.05) is 0 Å². The van der Waals surface area contributed by atoms with E-state index in [0.717, 1.165) is 0 Å². The maximum absolute atomic E-state index is 11.9. The standard InChI is InChI=1S/C10H16N2O4/c1-3-12(6-9(14)15)10(16)7-4-8(13)11(2)5-7/h7H,3-6H2,1-2H3,(H,14,15). The number of likely N-dealkylation sites (N-methyl/N-ethyl adjacent to an activating group) is 1. The summed E-state index contributed by atoms with van der Waals surface area (Å²) in [5.41, 5.74) is 0. The molecular weight excluding hydrogens is 212 g/mol. The predicted octanol–water partition coefficient (Wildman–Crippen LogP) is -0.602. The lowest BCUT2D eigenvalue weighted by atomic mass is 10.1. The van der Waals surface area contributed by atoms with Gasteiger partial charge in [0.1, 0.15) is 6.54 Å². The molecule has 90 valence electrons. The van der Waals surface area contributed by atoms with E-state index in [1.54, 1.807) is 14.0 Å². The molecule has 6 nitrogen and oxygen atoms in total. The van der Waals surface area contributed by atoms with Gasteiger partial charge in [0, 0.05) is 26.6 Å². The topological polar surface area (TPSA) is 77.9 Å². The van der Waals surface area contributed by atoms with Gasteiger partial charge in [-0.3, -0.25) is 14.4 Å². The molecule has 1 aliphatic heterocycles. The van der Waals surface area contributed by atoms with E-state index in [4.69, 9.17) is 5.11 Å². The molecule has 1 unspecified atom stereocenters. The molecule has 0 saturated carbocycles. The molecule has 2 amide bonds. The second-order valence-electron chi connectivity index (χ2n) is 3.92. The Balaban J connectivity index is 2.62. The van der Waals surface area contributed by atoms with Gasteiger partial charge in [-0.15, -0.1) is 0 Å². The van der Waals surface area contributed by atoms with Gasteiger partial charge >= 0.3 is 5.97 Å². The fraction of sp³-hybridized carbons (Fsp3) is 0.700. The summed E-state index contributed by atoms with van der Waals surface area (Å²) in [6, 6.07) is 0. The summed E-state index contributed by atoms with van der Waals surface area (Å²) in [5.74, 6) is -1.74. The largest absolute Gasteiger partial charge is 0.480 e. The lowest BCUT2D eigenvalue weighted by molar-refractivity contribution is -0.146. The monoisotopic (exact) mass is 228 g/mol. The Kier molecular flexibility index (Phi) is 3.87. The zero-order valence-electron chi connectivity index (χ0n) is 9.47. The van der Waals surface area contributed by atoms with Crippen LogP contribution in [0, 0.1) is 5.92 Å². The van der Waals surface area contributed by atoms with E-state index in [0.29, 0.717) is 13.1 Å². The molecule has 0 aliphatic carbocycles. The molecule has 1 N–H and O–H groups in total. The van der Waals surface area contributed by atoms with Crippen molar-refractivity contribution in [2.45, 2.75) is 13.3 Å². The molecule has 0 aromatic heterocycles. The van der Waals surface area contributed by atoms with Crippen molar-refractivity contribution in [2.75, 3.05) is 26.7 Å². The zero-order chi connectivity index (χ0) is 12.3. The van der Waals surface area contributed by atoms with Crippen LogP contribution in [0.15, 0.2) is 0 Å². The summed E-state index contributed by atoms with van der Waals surface area (Å²) in [6.07, 6.45) is 0.186. The van der Waals surface area contributed by atoms with Crippen LogP contribution < -0.4 is 0 Å². The lowest BCUT2D eigenvalue weighted by Crippen LogP contribution is -2.40. The number of carbonyl (C=O) groups is 3. The van der Waals surface area contributed by atoms with Crippen molar-refractivity contribution in [3.05, 3.63) is 0 Å². The van der Waals surface area contributed by atoms with Crippen molar-refractivity contribution in [1.29, 1.82) is 0 Å². The van der Waals surface area contributed by atoms with E-state index in [-0.39, 0.29) is 24.8 Å². The van der Waals surface area contributed by atoms with Crippen LogP contribution in [-0.2, 0) is 14.4 Å². The Bertz CT molecular complexity index is 310. The number of likely N-dealkylation sites (tertiary alicyclic amines) is 1. The van der Waals surface area contributed by atoms with Crippen LogP contribution in [0.25, 0.3) is 0 Å². The number of carboxylic acids is 1. The maximum atomic E-state index is 11.9. The minimum absolute atomic E-state index is 0.0651. The van der Waals surface area contributed by atoms with Crippen molar-refractivity contribution in [2.24, 2.45) is 5.92 Å². The highest BCUT2D eigenvalue weighted by Gasteiger charge is 2.34. The van der Waals surface area contributed by atoms with Crippen LogP contribution >= 0.6 is 0 Å². The molecule has 0 bridgehead atoms. The summed E-state index contributed by atoms with van der Waals surface area (Å²) >= 11 is 0. The van der Waals surface area contributed by atoms with E-state index in [9.17, 15) is 14.4 Å². The number of hydrogen-bond donors (Lipinski definition) is 1. The van der Waals surface area contributed by atoms with Crippen LogP contribution in [0.3, 0.4) is 0 Å². The number of aliphatic carboxylic acids is 1. The van der Waals surface area contributed by atoms with Gasteiger partial charge in [0.05, 0.1) is 5.92 Å². The normalized spacial score (nSPS) is 20.0. The summed E-state index contributed by atoms with van der Waals surface area (Å²) in [7, 11) is 1.64. The number of carbonyl (C=O) groups excluding carboxylic acids is 2. The SMILES string of the molecule is CCN(CC(=O)O)C(=O)C1CC(=O)N(C)C1. The van der Waals surface area contributed by atoms with Crippen LogP contribution in [0.4, 0.5) is 0 Å². The molecule has 1 atom stereocenters. The third-order valence-corrected chi connectivity index (χ3v) is 2.71. The van der Waals surface area contributed by atoms with Gasteiger partial charge in [0.2, 0.25) is 11.8 Å². The van der Waals surface area contributed by atoms with Crippen molar-refractivity contribution in [3.63, 3.8) is 0 Å². The predicted molar refractivity (Wildman–Crippen MR) is 55.6 cm³/mol. The van der Waals surface area contributed by atoms with Gasteiger partial charge < -0.3 is 14.9 Å². The molecule has 6 heteroatoms. The first kappa shape index (κ1) is 12.5. The maximum Gasteiger partial charge on any atom is 0.323 e. The molecule has 0 aromatic carbocycles. The van der Waals surface area contributed by atoms with Gasteiger partial charge in [0.25, 0.3) is 0 Å². The smallest absolute Gasteiger partial charge is 0.323 e. The molecule has 0 spiro atoms. The highest BCUT2D eigenvalue weighted by molar-refractivity contribution is 5.90. The summed E-state index contributed by atoms with van der Waals surface area (Å²) in [5, 5.41) is 8.64. The highest BCUT2D eigenvalue weighted by atomic mass is 16.4. The molecular formula is C10H16N2O4. The van der Waals surface area contributed by atoms with Gasteiger partial charge in [0.15, 0.2) is 0 Å². The number of hydrogen-bond acceptors (Lipinski definition) is 3. The third kappa shape index (κ3) is 2.71. The van der Waals surface area contributed by atoms with E-state index in [2.05, 4.69) is 0 Å². The molecule has 1 fully saturated rings. The van der Waals surface area contributed by atoms with Crippen molar-refractivity contribution >= 4 is 17.8 Å². The molecule has 1 saturated heterocycles. The zero-order valence-corrected chi connectivity index (χ0v) is 9.47. The molecule has 1 heterocycles. The van der Waals surface area contributed by atoms with E-state index >= 15 is 0 Å². The average molecular weight is 228 g/mol. The fourth-order valence-electron chi connectivity index (χ4n) is 1.80.